The van der Waals surface area contributed by atoms with Crippen molar-refractivity contribution in [2.45, 2.75) is 55.7 Å². The summed E-state index contributed by atoms with van der Waals surface area (Å²) >= 11 is 1.59. The van der Waals surface area contributed by atoms with Crippen molar-refractivity contribution in [3.8, 4) is 0 Å². The third-order valence-electron chi connectivity index (χ3n) is 9.43. The second-order valence-electron chi connectivity index (χ2n) is 12.3. The Bertz CT molecular complexity index is 1450. The molecule has 7 nitrogen and oxygen atoms in total. The smallest absolute Gasteiger partial charge is 0.251 e. The molecule has 216 valence electrons. The molecule has 41 heavy (non-hydrogen) atoms. The van der Waals surface area contributed by atoms with Crippen LogP contribution in [0.1, 0.15) is 34.1 Å². The number of amides is 3. The Kier molecular flexibility index (Phi) is 7.05. The standard InChI is InChI=1S/C33H39N3O4S/c1-5-16-34-17-8-14-32(4)26(29(34)38)27-30(39)36(25(20-37)21(2)3)28-31(40)35(18-9-15-33(27,28)41-32)24-13-12-22-10-6-7-11-23(22)19-24/h6-15,19,21,25-28,37H,5,16-18,20H2,1-4H3/t25-,26+,27-,28?,32-,33-/m0/s1. The first-order valence-corrected chi connectivity index (χ1v) is 15.6. The number of aliphatic hydroxyl groups excluding tert-OH is 1. The van der Waals surface area contributed by atoms with E-state index in [4.69, 9.17) is 0 Å². The number of carbonyl (C=O) groups is 3. The van der Waals surface area contributed by atoms with Gasteiger partial charge in [0, 0.05) is 30.1 Å². The molecular weight excluding hydrogens is 534 g/mol. The van der Waals surface area contributed by atoms with Crippen LogP contribution in [0.5, 0.6) is 0 Å². The summed E-state index contributed by atoms with van der Waals surface area (Å²) < 4.78 is -1.57. The maximum atomic E-state index is 14.8. The van der Waals surface area contributed by atoms with Crippen molar-refractivity contribution in [1.29, 1.82) is 0 Å². The lowest BCUT2D eigenvalue weighted by Crippen LogP contribution is -2.58. The molecule has 2 saturated heterocycles. The Labute approximate surface area is 246 Å². The van der Waals surface area contributed by atoms with Gasteiger partial charge in [-0.2, -0.15) is 0 Å². The minimum Gasteiger partial charge on any atom is -0.394 e. The summed E-state index contributed by atoms with van der Waals surface area (Å²) in [4.78, 5) is 48.9. The van der Waals surface area contributed by atoms with Crippen LogP contribution in [-0.2, 0) is 14.4 Å². The molecule has 3 amide bonds. The predicted octanol–water partition coefficient (Wildman–Crippen LogP) is 4.26. The molecule has 6 atom stereocenters. The molecule has 0 bridgehead atoms. The number of nitrogens with zero attached hydrogens (tertiary/aromatic N) is 3. The summed E-state index contributed by atoms with van der Waals surface area (Å²) in [5.74, 6) is -1.79. The lowest BCUT2D eigenvalue weighted by Gasteiger charge is -2.41. The van der Waals surface area contributed by atoms with Crippen LogP contribution in [0.25, 0.3) is 10.8 Å². The van der Waals surface area contributed by atoms with Gasteiger partial charge in [0.1, 0.15) is 6.04 Å². The van der Waals surface area contributed by atoms with Gasteiger partial charge in [0.15, 0.2) is 0 Å². The van der Waals surface area contributed by atoms with Gasteiger partial charge in [-0.15, -0.1) is 11.8 Å². The quantitative estimate of drug-likeness (QED) is 0.523. The van der Waals surface area contributed by atoms with Crippen molar-refractivity contribution in [3.63, 3.8) is 0 Å². The van der Waals surface area contributed by atoms with Crippen LogP contribution in [0.3, 0.4) is 0 Å². The van der Waals surface area contributed by atoms with Crippen molar-refractivity contribution >= 4 is 45.9 Å². The van der Waals surface area contributed by atoms with Gasteiger partial charge in [0.2, 0.25) is 11.8 Å². The van der Waals surface area contributed by atoms with E-state index >= 15 is 0 Å². The zero-order valence-corrected chi connectivity index (χ0v) is 25.0. The molecule has 0 saturated carbocycles. The van der Waals surface area contributed by atoms with Crippen molar-refractivity contribution in [2.75, 3.05) is 31.1 Å². The molecule has 2 fully saturated rings. The number of hydrogen-bond acceptors (Lipinski definition) is 5. The van der Waals surface area contributed by atoms with Crippen molar-refractivity contribution < 1.29 is 19.5 Å². The fourth-order valence-corrected chi connectivity index (χ4v) is 9.68. The predicted molar refractivity (Wildman–Crippen MR) is 164 cm³/mol. The molecule has 1 unspecified atom stereocenters. The Morgan fingerprint density at radius 3 is 2.39 bits per heavy atom. The highest BCUT2D eigenvalue weighted by atomic mass is 32.2. The van der Waals surface area contributed by atoms with Gasteiger partial charge in [-0.1, -0.05) is 75.4 Å². The SMILES string of the molecule is CCCN1CC=C[C@]2(C)S[C@]34C=CCN(c5ccc6ccccc6c5)C(=O)C3N([C@@H](CO)C(C)C)C(=O)[C@@H]4[C@@H]2C1=O. The maximum absolute atomic E-state index is 14.8. The van der Waals surface area contributed by atoms with Gasteiger partial charge in [-0.3, -0.25) is 14.4 Å². The van der Waals surface area contributed by atoms with E-state index in [0.717, 1.165) is 22.9 Å². The van der Waals surface area contributed by atoms with Crippen LogP contribution in [0, 0.1) is 17.8 Å². The lowest BCUT2D eigenvalue weighted by molar-refractivity contribution is -0.146. The van der Waals surface area contributed by atoms with Crippen LogP contribution < -0.4 is 4.90 Å². The molecule has 4 aliphatic rings. The largest absolute Gasteiger partial charge is 0.394 e. The van der Waals surface area contributed by atoms with Crippen LogP contribution in [-0.4, -0.2) is 80.4 Å². The minimum atomic E-state index is -0.934. The first kappa shape index (κ1) is 28.0. The number of carbonyl (C=O) groups excluding carboxylic acids is 3. The number of benzene rings is 2. The van der Waals surface area contributed by atoms with Crippen molar-refractivity contribution in [3.05, 3.63) is 66.8 Å². The molecule has 0 radical (unpaired) electrons. The minimum absolute atomic E-state index is 0.0238. The van der Waals surface area contributed by atoms with E-state index in [1.54, 1.807) is 21.6 Å². The molecule has 1 N–H and O–H groups in total. The van der Waals surface area contributed by atoms with Gasteiger partial charge in [-0.25, -0.2) is 0 Å². The molecular formula is C33H39N3O4S. The molecule has 1 spiro atoms. The summed E-state index contributed by atoms with van der Waals surface area (Å²) in [7, 11) is 0. The summed E-state index contributed by atoms with van der Waals surface area (Å²) in [6.07, 6.45) is 9.01. The first-order chi connectivity index (χ1) is 19.7. The zero-order valence-electron chi connectivity index (χ0n) is 24.2. The Balaban J connectivity index is 1.50. The molecule has 2 aromatic carbocycles. The van der Waals surface area contributed by atoms with Gasteiger partial charge >= 0.3 is 0 Å². The summed E-state index contributed by atoms with van der Waals surface area (Å²) in [5, 5.41) is 12.7. The van der Waals surface area contributed by atoms with Crippen LogP contribution in [0.4, 0.5) is 5.69 Å². The second-order valence-corrected chi connectivity index (χ2v) is 14.1. The van der Waals surface area contributed by atoms with Gasteiger partial charge in [0.25, 0.3) is 5.91 Å². The molecule has 2 aromatic rings. The fraction of sp³-hybridized carbons (Fsp3) is 0.485. The Hall–Kier alpha value is -3.10. The first-order valence-electron chi connectivity index (χ1n) is 14.7. The third-order valence-corrected chi connectivity index (χ3v) is 11.2. The lowest BCUT2D eigenvalue weighted by atomic mass is 9.74. The zero-order chi connectivity index (χ0) is 29.1. The van der Waals surface area contributed by atoms with Crippen LogP contribution in [0.15, 0.2) is 66.8 Å². The number of hydrogen-bond donors (Lipinski definition) is 1. The van der Waals surface area contributed by atoms with E-state index in [-0.39, 0.29) is 30.2 Å². The van der Waals surface area contributed by atoms with Gasteiger partial charge < -0.3 is 19.8 Å². The van der Waals surface area contributed by atoms with Crippen molar-refractivity contribution in [1.82, 2.24) is 9.80 Å². The molecule has 0 aliphatic carbocycles. The highest BCUT2D eigenvalue weighted by Crippen LogP contribution is 2.66. The van der Waals surface area contributed by atoms with E-state index in [1.807, 2.05) is 93.3 Å². The van der Waals surface area contributed by atoms with Crippen LogP contribution in [0.2, 0.25) is 0 Å². The Morgan fingerprint density at radius 2 is 1.68 bits per heavy atom. The number of thioether (sulfide) groups is 1. The topological polar surface area (TPSA) is 81.2 Å². The fourth-order valence-electron chi connectivity index (χ4n) is 7.54. The monoisotopic (exact) mass is 573 g/mol. The molecule has 4 heterocycles. The third kappa shape index (κ3) is 4.16. The van der Waals surface area contributed by atoms with Crippen molar-refractivity contribution in [2.24, 2.45) is 17.8 Å². The number of fused-ring (bicyclic) bond motifs is 3. The number of aliphatic hydroxyl groups is 1. The van der Waals surface area contributed by atoms with Gasteiger partial charge in [-0.05, 0) is 42.2 Å². The average molecular weight is 574 g/mol. The summed E-state index contributed by atoms with van der Waals surface area (Å²) in [5.41, 5.74) is 0.768. The van der Waals surface area contributed by atoms with Crippen LogP contribution >= 0.6 is 11.8 Å². The molecule has 6 rings (SSSR count). The molecule has 4 aliphatic heterocycles. The summed E-state index contributed by atoms with van der Waals surface area (Å²) in [6.45, 7) is 9.28. The highest BCUT2D eigenvalue weighted by Gasteiger charge is 2.74. The molecule has 8 heteroatoms. The average Bonchev–Trinajstić information content (AvgIpc) is 3.22. The van der Waals surface area contributed by atoms with E-state index < -0.39 is 33.4 Å². The normalized spacial score (nSPS) is 31.9. The number of rotatable bonds is 6. The Morgan fingerprint density at radius 1 is 0.951 bits per heavy atom. The highest BCUT2D eigenvalue weighted by molar-refractivity contribution is 8.02. The number of anilines is 1. The number of likely N-dealkylation sites (tertiary alicyclic amines) is 1. The molecule has 0 aromatic heterocycles. The second kappa shape index (κ2) is 10.3. The van der Waals surface area contributed by atoms with E-state index in [2.05, 4.69) is 6.08 Å². The van der Waals surface area contributed by atoms with E-state index in [1.165, 1.54) is 0 Å². The van der Waals surface area contributed by atoms with E-state index in [0.29, 0.717) is 19.6 Å². The van der Waals surface area contributed by atoms with Gasteiger partial charge in [0.05, 0.1) is 29.2 Å². The summed E-state index contributed by atoms with van der Waals surface area (Å²) in [6, 6.07) is 12.6. The maximum Gasteiger partial charge on any atom is 0.251 e. The van der Waals surface area contributed by atoms with E-state index in [9.17, 15) is 19.5 Å².